The van der Waals surface area contributed by atoms with Gasteiger partial charge in [-0.15, -0.1) is 0 Å². The molecular formula is C20H21N3O2. The van der Waals surface area contributed by atoms with Crippen LogP contribution in [0.3, 0.4) is 0 Å². The van der Waals surface area contributed by atoms with Gasteiger partial charge in [0.1, 0.15) is 0 Å². The Morgan fingerprint density at radius 3 is 2.44 bits per heavy atom. The van der Waals surface area contributed by atoms with Crippen LogP contribution in [0.2, 0.25) is 0 Å². The fourth-order valence-electron chi connectivity index (χ4n) is 3.59. The van der Waals surface area contributed by atoms with Gasteiger partial charge in [0.05, 0.1) is 22.6 Å². The summed E-state index contributed by atoms with van der Waals surface area (Å²) in [6, 6.07) is 14.7. The molecule has 2 aromatic carbocycles. The first kappa shape index (κ1) is 15.8. The van der Waals surface area contributed by atoms with Gasteiger partial charge in [0.15, 0.2) is 0 Å². The zero-order valence-corrected chi connectivity index (χ0v) is 14.1. The fraction of sp³-hybridized carbons (Fsp3) is 0.300. The van der Waals surface area contributed by atoms with Gasteiger partial charge in [0.25, 0.3) is 5.91 Å². The number of amides is 2. The van der Waals surface area contributed by atoms with Crippen LogP contribution in [0.4, 0.5) is 17.1 Å². The van der Waals surface area contributed by atoms with Crippen LogP contribution >= 0.6 is 0 Å². The molecule has 0 radical (unpaired) electrons. The number of likely N-dealkylation sites (tertiary alicyclic amines) is 1. The lowest BCUT2D eigenvalue weighted by Crippen LogP contribution is -2.31. The van der Waals surface area contributed by atoms with Crippen molar-refractivity contribution in [1.29, 1.82) is 0 Å². The first-order valence-corrected chi connectivity index (χ1v) is 8.79. The number of carbonyl (C=O) groups excluding carboxylic acids is 2. The van der Waals surface area contributed by atoms with Crippen molar-refractivity contribution in [2.75, 3.05) is 29.9 Å². The molecule has 25 heavy (non-hydrogen) atoms. The number of hydrogen-bond acceptors (Lipinski definition) is 3. The van der Waals surface area contributed by atoms with Crippen LogP contribution < -0.4 is 10.2 Å². The SMILES string of the molecule is O=C1Nc2ccccc2N(C(=O)CCN2CCCC2)c2ccccc21. The number of nitrogens with zero attached hydrogens (tertiary/aromatic N) is 2. The molecule has 0 bridgehead atoms. The summed E-state index contributed by atoms with van der Waals surface area (Å²) in [4.78, 5) is 29.7. The predicted octanol–water partition coefficient (Wildman–Crippen LogP) is 3.40. The Labute approximate surface area is 147 Å². The smallest absolute Gasteiger partial charge is 0.257 e. The van der Waals surface area contributed by atoms with Gasteiger partial charge in [-0.2, -0.15) is 0 Å². The molecule has 2 aliphatic heterocycles. The van der Waals surface area contributed by atoms with Gasteiger partial charge in [-0.25, -0.2) is 0 Å². The van der Waals surface area contributed by atoms with Crippen LogP contribution in [-0.4, -0.2) is 36.3 Å². The van der Waals surface area contributed by atoms with Gasteiger partial charge in [0, 0.05) is 13.0 Å². The van der Waals surface area contributed by atoms with Crippen LogP contribution in [0.5, 0.6) is 0 Å². The molecular weight excluding hydrogens is 314 g/mol. The largest absolute Gasteiger partial charge is 0.320 e. The Bertz CT molecular complexity index is 812. The van der Waals surface area contributed by atoms with E-state index in [2.05, 4.69) is 10.2 Å². The van der Waals surface area contributed by atoms with E-state index in [9.17, 15) is 9.59 Å². The van der Waals surface area contributed by atoms with Crippen molar-refractivity contribution in [3.63, 3.8) is 0 Å². The number of carbonyl (C=O) groups is 2. The second-order valence-electron chi connectivity index (χ2n) is 6.52. The van der Waals surface area contributed by atoms with Gasteiger partial charge in [-0.1, -0.05) is 24.3 Å². The molecule has 1 fully saturated rings. The summed E-state index contributed by atoms with van der Waals surface area (Å²) in [5.74, 6) is -0.166. The molecule has 2 aromatic rings. The molecule has 0 aromatic heterocycles. The minimum absolute atomic E-state index is 0.0169. The Morgan fingerprint density at radius 2 is 1.64 bits per heavy atom. The second-order valence-corrected chi connectivity index (χ2v) is 6.52. The van der Waals surface area contributed by atoms with Crippen molar-refractivity contribution in [2.45, 2.75) is 19.3 Å². The van der Waals surface area contributed by atoms with E-state index in [-0.39, 0.29) is 11.8 Å². The van der Waals surface area contributed by atoms with E-state index in [1.165, 1.54) is 12.8 Å². The monoisotopic (exact) mass is 335 g/mol. The van der Waals surface area contributed by atoms with E-state index >= 15 is 0 Å². The molecule has 4 rings (SSSR count). The van der Waals surface area contributed by atoms with Gasteiger partial charge in [-0.05, 0) is 50.2 Å². The Kier molecular flexibility index (Phi) is 4.24. The maximum Gasteiger partial charge on any atom is 0.257 e. The standard InChI is InChI=1S/C20H21N3O2/c24-19(11-14-22-12-5-6-13-22)23-17-9-3-1-7-15(17)20(25)21-16-8-2-4-10-18(16)23/h1-4,7-10H,5-6,11-14H2,(H,21,25). The van der Waals surface area contributed by atoms with Gasteiger partial charge < -0.3 is 10.2 Å². The molecule has 2 heterocycles. The first-order valence-electron chi connectivity index (χ1n) is 8.79. The average molecular weight is 335 g/mol. The van der Waals surface area contributed by atoms with Crippen LogP contribution in [0.25, 0.3) is 0 Å². The highest BCUT2D eigenvalue weighted by atomic mass is 16.2. The van der Waals surface area contributed by atoms with Crippen molar-refractivity contribution < 1.29 is 9.59 Å². The summed E-state index contributed by atoms with van der Waals surface area (Å²) in [7, 11) is 0. The van der Waals surface area contributed by atoms with Crippen molar-refractivity contribution in [3.05, 3.63) is 54.1 Å². The minimum atomic E-state index is -0.183. The number of rotatable bonds is 3. The second kappa shape index (κ2) is 6.69. The Balaban J connectivity index is 1.70. The quantitative estimate of drug-likeness (QED) is 0.935. The van der Waals surface area contributed by atoms with Gasteiger partial charge in [-0.3, -0.25) is 14.5 Å². The number of anilines is 3. The van der Waals surface area contributed by atoms with E-state index in [1.54, 1.807) is 11.0 Å². The van der Waals surface area contributed by atoms with Crippen LogP contribution in [0.15, 0.2) is 48.5 Å². The van der Waals surface area contributed by atoms with Crippen molar-refractivity contribution in [1.82, 2.24) is 4.90 Å². The molecule has 5 heteroatoms. The highest BCUT2D eigenvalue weighted by Crippen LogP contribution is 2.38. The molecule has 1 N–H and O–H groups in total. The van der Waals surface area contributed by atoms with Crippen molar-refractivity contribution in [3.8, 4) is 0 Å². The number of hydrogen-bond donors (Lipinski definition) is 1. The summed E-state index contributed by atoms with van der Waals surface area (Å²) < 4.78 is 0. The molecule has 1 saturated heterocycles. The Hall–Kier alpha value is -2.66. The van der Waals surface area contributed by atoms with Crippen LogP contribution in [0, 0.1) is 0 Å². The van der Waals surface area contributed by atoms with E-state index in [0.717, 1.165) is 25.3 Å². The zero-order chi connectivity index (χ0) is 17.2. The highest BCUT2D eigenvalue weighted by molar-refractivity contribution is 6.17. The molecule has 2 aliphatic rings. The molecule has 5 nitrogen and oxygen atoms in total. The topological polar surface area (TPSA) is 52.7 Å². The third kappa shape index (κ3) is 3.03. The fourth-order valence-corrected chi connectivity index (χ4v) is 3.59. The molecule has 0 saturated carbocycles. The Morgan fingerprint density at radius 1 is 0.960 bits per heavy atom. The predicted molar refractivity (Wildman–Crippen MR) is 98.3 cm³/mol. The number of nitrogens with one attached hydrogen (secondary N) is 1. The lowest BCUT2D eigenvalue weighted by Gasteiger charge is -2.25. The van der Waals surface area contributed by atoms with Crippen molar-refractivity contribution >= 4 is 28.9 Å². The summed E-state index contributed by atoms with van der Waals surface area (Å²) in [6.07, 6.45) is 2.86. The van der Waals surface area contributed by atoms with Crippen molar-refractivity contribution in [2.24, 2.45) is 0 Å². The number of para-hydroxylation sites is 3. The van der Waals surface area contributed by atoms with Gasteiger partial charge in [0.2, 0.25) is 5.91 Å². The molecule has 0 atom stereocenters. The molecule has 0 aliphatic carbocycles. The van der Waals surface area contributed by atoms with Crippen LogP contribution in [0.1, 0.15) is 29.6 Å². The molecule has 128 valence electrons. The molecule has 0 spiro atoms. The lowest BCUT2D eigenvalue weighted by atomic mass is 10.1. The summed E-state index contributed by atoms with van der Waals surface area (Å²) >= 11 is 0. The normalized spacial score (nSPS) is 16.8. The van der Waals surface area contributed by atoms with E-state index < -0.39 is 0 Å². The molecule has 2 amide bonds. The van der Waals surface area contributed by atoms with E-state index in [4.69, 9.17) is 0 Å². The van der Waals surface area contributed by atoms with Gasteiger partial charge >= 0.3 is 0 Å². The number of fused-ring (bicyclic) bond motifs is 2. The minimum Gasteiger partial charge on any atom is -0.320 e. The van der Waals surface area contributed by atoms with E-state index in [1.807, 2.05) is 42.5 Å². The zero-order valence-electron chi connectivity index (χ0n) is 14.1. The average Bonchev–Trinajstić information content (AvgIpc) is 3.11. The lowest BCUT2D eigenvalue weighted by molar-refractivity contribution is -0.118. The highest BCUT2D eigenvalue weighted by Gasteiger charge is 2.29. The third-order valence-corrected chi connectivity index (χ3v) is 4.87. The number of benzene rings is 2. The maximum atomic E-state index is 13.1. The van der Waals surface area contributed by atoms with Crippen LogP contribution in [-0.2, 0) is 4.79 Å². The summed E-state index contributed by atoms with van der Waals surface area (Å²) in [5, 5.41) is 2.92. The summed E-state index contributed by atoms with van der Waals surface area (Å²) in [6.45, 7) is 2.90. The van der Waals surface area contributed by atoms with E-state index in [0.29, 0.717) is 23.4 Å². The summed E-state index contributed by atoms with van der Waals surface area (Å²) in [5.41, 5.74) is 2.56. The maximum absolute atomic E-state index is 13.1. The third-order valence-electron chi connectivity index (χ3n) is 4.87. The first-order chi connectivity index (χ1) is 12.2. The molecule has 0 unspecified atom stereocenters.